The molecular formula is C26H25N7S. The maximum absolute atomic E-state index is 9.62. The van der Waals surface area contributed by atoms with Crippen molar-refractivity contribution in [2.45, 2.75) is 47.6 Å². The van der Waals surface area contributed by atoms with E-state index in [1.54, 1.807) is 16.8 Å². The molecule has 5 rings (SSSR count). The highest BCUT2D eigenvalue weighted by atomic mass is 32.2. The van der Waals surface area contributed by atoms with Crippen LogP contribution in [0.2, 0.25) is 0 Å². The van der Waals surface area contributed by atoms with E-state index in [2.05, 4.69) is 53.2 Å². The highest BCUT2D eigenvalue weighted by Crippen LogP contribution is 2.37. The number of rotatable bonds is 5. The fourth-order valence-electron chi connectivity index (χ4n) is 4.69. The van der Waals surface area contributed by atoms with Crippen LogP contribution in [0, 0.1) is 22.7 Å². The van der Waals surface area contributed by atoms with Crippen LogP contribution in [-0.2, 0) is 0 Å². The Morgan fingerprint density at radius 3 is 2.41 bits per heavy atom. The predicted molar refractivity (Wildman–Crippen MR) is 131 cm³/mol. The van der Waals surface area contributed by atoms with Gasteiger partial charge in [-0.1, -0.05) is 23.9 Å². The molecule has 4 aromatic rings. The van der Waals surface area contributed by atoms with Gasteiger partial charge in [-0.15, -0.1) is 0 Å². The molecule has 1 fully saturated rings. The third-order valence-corrected chi connectivity index (χ3v) is 7.74. The van der Waals surface area contributed by atoms with E-state index in [9.17, 15) is 10.5 Å². The van der Waals surface area contributed by atoms with E-state index in [1.807, 2.05) is 30.6 Å². The molecule has 1 aliphatic rings. The maximum atomic E-state index is 9.62. The van der Waals surface area contributed by atoms with E-state index in [0.29, 0.717) is 23.2 Å². The second-order valence-corrected chi connectivity index (χ2v) is 9.99. The van der Waals surface area contributed by atoms with E-state index in [-0.39, 0.29) is 0 Å². The molecule has 7 nitrogen and oxygen atoms in total. The molecule has 3 aromatic heterocycles. The lowest BCUT2D eigenvalue weighted by Gasteiger charge is -2.32. The second kappa shape index (κ2) is 9.34. The summed E-state index contributed by atoms with van der Waals surface area (Å²) < 4.78 is 3.86. The maximum Gasteiger partial charge on any atom is 0.103 e. The van der Waals surface area contributed by atoms with Crippen molar-refractivity contribution in [3.63, 3.8) is 0 Å². The number of pyridine rings is 1. The Labute approximate surface area is 203 Å². The van der Waals surface area contributed by atoms with E-state index < -0.39 is 0 Å². The quantitative estimate of drug-likeness (QED) is 0.404. The zero-order valence-electron chi connectivity index (χ0n) is 19.2. The minimum absolute atomic E-state index is 0.417. The van der Waals surface area contributed by atoms with Gasteiger partial charge in [-0.2, -0.15) is 20.7 Å². The molecule has 0 radical (unpaired) electrons. The molecule has 0 aliphatic heterocycles. The Morgan fingerprint density at radius 1 is 0.912 bits per heavy atom. The van der Waals surface area contributed by atoms with Crippen molar-refractivity contribution >= 4 is 17.3 Å². The van der Waals surface area contributed by atoms with Gasteiger partial charge >= 0.3 is 0 Å². The summed E-state index contributed by atoms with van der Waals surface area (Å²) in [7, 11) is 4.32. The first kappa shape index (κ1) is 22.2. The molecule has 170 valence electrons. The lowest BCUT2D eigenvalue weighted by molar-refractivity contribution is 0.189. The summed E-state index contributed by atoms with van der Waals surface area (Å²) in [6.07, 6.45) is 12.2. The Morgan fingerprint density at radius 2 is 1.68 bits per heavy atom. The zero-order valence-corrected chi connectivity index (χ0v) is 20.0. The van der Waals surface area contributed by atoms with Gasteiger partial charge in [0.15, 0.2) is 0 Å². The van der Waals surface area contributed by atoms with Crippen LogP contribution in [0.15, 0.2) is 64.9 Å². The fourth-order valence-corrected chi connectivity index (χ4v) is 5.79. The SMILES string of the molecule is CN(C)C1CCC(n2cc(-c3cc(Sc4ccccc4C#N)c4c(C#N)cnn4c3)cn2)CC1. The molecule has 0 N–H and O–H groups in total. The molecular weight excluding hydrogens is 442 g/mol. The second-order valence-electron chi connectivity index (χ2n) is 8.90. The van der Waals surface area contributed by atoms with Crippen molar-refractivity contribution in [2.24, 2.45) is 0 Å². The van der Waals surface area contributed by atoms with Crippen LogP contribution >= 0.6 is 11.8 Å². The van der Waals surface area contributed by atoms with Crippen molar-refractivity contribution in [3.05, 3.63) is 66.2 Å². The minimum Gasteiger partial charge on any atom is -0.306 e. The molecule has 0 amide bonds. The molecule has 8 heteroatoms. The van der Waals surface area contributed by atoms with Crippen molar-refractivity contribution < 1.29 is 0 Å². The van der Waals surface area contributed by atoms with Crippen LogP contribution in [0.5, 0.6) is 0 Å². The molecule has 1 saturated carbocycles. The molecule has 1 aromatic carbocycles. The number of benzene rings is 1. The number of fused-ring (bicyclic) bond motifs is 1. The van der Waals surface area contributed by atoms with Crippen molar-refractivity contribution in [1.82, 2.24) is 24.3 Å². The molecule has 1 aliphatic carbocycles. The third-order valence-electron chi connectivity index (χ3n) is 6.63. The minimum atomic E-state index is 0.417. The van der Waals surface area contributed by atoms with Crippen LogP contribution in [-0.4, -0.2) is 44.4 Å². The van der Waals surface area contributed by atoms with Crippen LogP contribution in [0.3, 0.4) is 0 Å². The topological polar surface area (TPSA) is 85.9 Å². The van der Waals surface area contributed by atoms with Gasteiger partial charge in [-0.05, 0) is 58.0 Å². The zero-order chi connectivity index (χ0) is 23.7. The number of hydrogen-bond donors (Lipinski definition) is 0. The van der Waals surface area contributed by atoms with Gasteiger partial charge in [-0.3, -0.25) is 4.68 Å². The van der Waals surface area contributed by atoms with Gasteiger partial charge in [0, 0.05) is 39.4 Å². The van der Waals surface area contributed by atoms with Crippen LogP contribution in [0.4, 0.5) is 0 Å². The number of aromatic nitrogens is 4. The average molecular weight is 468 g/mol. The predicted octanol–water partition coefficient (Wildman–Crippen LogP) is 5.14. The summed E-state index contributed by atoms with van der Waals surface area (Å²) in [4.78, 5) is 4.05. The lowest BCUT2D eigenvalue weighted by Crippen LogP contribution is -2.32. The monoisotopic (exact) mass is 467 g/mol. The summed E-state index contributed by atoms with van der Waals surface area (Å²) in [5, 5.41) is 28.3. The number of nitrogens with zero attached hydrogens (tertiary/aromatic N) is 7. The van der Waals surface area contributed by atoms with Crippen molar-refractivity contribution in [1.29, 1.82) is 10.5 Å². The van der Waals surface area contributed by atoms with E-state index in [0.717, 1.165) is 39.3 Å². The molecule has 0 spiro atoms. The first-order chi connectivity index (χ1) is 16.6. The van der Waals surface area contributed by atoms with Crippen molar-refractivity contribution in [3.8, 4) is 23.3 Å². The van der Waals surface area contributed by atoms with Gasteiger partial charge in [-0.25, -0.2) is 4.52 Å². The first-order valence-electron chi connectivity index (χ1n) is 11.4. The molecule has 0 atom stereocenters. The smallest absolute Gasteiger partial charge is 0.103 e. The van der Waals surface area contributed by atoms with Crippen LogP contribution in [0.1, 0.15) is 42.9 Å². The highest BCUT2D eigenvalue weighted by Gasteiger charge is 2.24. The average Bonchev–Trinajstić information content (AvgIpc) is 3.52. The van der Waals surface area contributed by atoms with E-state index >= 15 is 0 Å². The van der Waals surface area contributed by atoms with Gasteiger partial charge in [0.1, 0.15) is 12.1 Å². The molecule has 0 saturated heterocycles. The molecule has 34 heavy (non-hydrogen) atoms. The Balaban J connectivity index is 1.50. The Hall–Kier alpha value is -3.59. The van der Waals surface area contributed by atoms with E-state index in [4.69, 9.17) is 5.10 Å². The largest absolute Gasteiger partial charge is 0.306 e. The Kier molecular flexibility index (Phi) is 6.10. The molecule has 3 heterocycles. The lowest BCUT2D eigenvalue weighted by atomic mass is 9.91. The number of nitriles is 2. The van der Waals surface area contributed by atoms with Gasteiger partial charge < -0.3 is 4.90 Å². The number of hydrogen-bond acceptors (Lipinski definition) is 6. The third kappa shape index (κ3) is 4.19. The van der Waals surface area contributed by atoms with Gasteiger partial charge in [0.05, 0.1) is 35.1 Å². The van der Waals surface area contributed by atoms with Crippen LogP contribution in [0.25, 0.3) is 16.6 Å². The normalized spacial score (nSPS) is 18.1. The van der Waals surface area contributed by atoms with Crippen LogP contribution < -0.4 is 0 Å². The Bertz CT molecular complexity index is 1410. The molecule has 0 bridgehead atoms. The summed E-state index contributed by atoms with van der Waals surface area (Å²) in [6.45, 7) is 0. The summed E-state index contributed by atoms with van der Waals surface area (Å²) in [5.74, 6) is 0. The van der Waals surface area contributed by atoms with Gasteiger partial charge in [0.2, 0.25) is 0 Å². The first-order valence-corrected chi connectivity index (χ1v) is 12.2. The fraction of sp³-hybridized carbons (Fsp3) is 0.308. The standard InChI is InChI=1S/C26H25N7S/c1-31(2)22-7-9-23(10-8-22)32-17-21(15-29-32)19-11-25(26-20(13-28)14-30-33(26)16-19)34-24-6-4-3-5-18(24)12-27/h3-6,11,14-17,22-23H,7-10H2,1-2H3. The highest BCUT2D eigenvalue weighted by molar-refractivity contribution is 7.99. The van der Waals surface area contributed by atoms with E-state index in [1.165, 1.54) is 24.6 Å². The molecule has 0 unspecified atom stereocenters. The summed E-state index contributed by atoms with van der Waals surface area (Å²) in [5.41, 5.74) is 3.86. The summed E-state index contributed by atoms with van der Waals surface area (Å²) in [6, 6.07) is 15.1. The van der Waals surface area contributed by atoms with Crippen molar-refractivity contribution in [2.75, 3.05) is 14.1 Å². The summed E-state index contributed by atoms with van der Waals surface area (Å²) >= 11 is 1.48. The van der Waals surface area contributed by atoms with Gasteiger partial charge in [0.25, 0.3) is 0 Å².